The van der Waals surface area contributed by atoms with Gasteiger partial charge in [0, 0.05) is 18.6 Å². The molecule has 0 unspecified atom stereocenters. The van der Waals surface area contributed by atoms with Crippen LogP contribution in [0.15, 0.2) is 24.3 Å². The molecule has 7 heteroatoms. The first-order valence-corrected chi connectivity index (χ1v) is 7.72. The molecule has 1 saturated heterocycles. The lowest BCUT2D eigenvalue weighted by atomic mass is 9.97. The van der Waals surface area contributed by atoms with Crippen molar-refractivity contribution in [3.8, 4) is 0 Å². The van der Waals surface area contributed by atoms with Crippen LogP contribution in [0.1, 0.15) is 36.4 Å². The van der Waals surface area contributed by atoms with Crippen LogP contribution in [0.2, 0.25) is 0 Å². The van der Waals surface area contributed by atoms with E-state index in [-0.39, 0.29) is 37.0 Å². The third-order valence-electron chi connectivity index (χ3n) is 4.30. The van der Waals surface area contributed by atoms with Gasteiger partial charge < -0.3 is 10.4 Å². The molecule has 1 aliphatic heterocycles. The zero-order chi connectivity index (χ0) is 16.6. The average Bonchev–Trinajstić information content (AvgIpc) is 3.20. The Bertz CT molecular complexity index is 587. The minimum absolute atomic E-state index is 0.00438. The van der Waals surface area contributed by atoms with Crippen LogP contribution in [0, 0.1) is 0 Å². The second-order valence-electron chi connectivity index (χ2n) is 6.26. The Morgan fingerprint density at radius 2 is 2.00 bits per heavy atom. The monoisotopic (exact) mass is 328 g/mol. The summed E-state index contributed by atoms with van der Waals surface area (Å²) in [5, 5.41) is 12.7. The van der Waals surface area contributed by atoms with Gasteiger partial charge in [-0.15, -0.1) is 0 Å². The van der Waals surface area contributed by atoms with Gasteiger partial charge in [0.15, 0.2) is 0 Å². The summed E-state index contributed by atoms with van der Waals surface area (Å²) in [6.07, 6.45) is -3.07. The number of amides is 1. The Balaban J connectivity index is 1.80. The van der Waals surface area contributed by atoms with Crippen LogP contribution in [-0.2, 0) is 11.0 Å². The maximum atomic E-state index is 13.2. The number of carbonyl (C=O) groups is 1. The van der Waals surface area contributed by atoms with E-state index in [0.717, 1.165) is 18.9 Å². The summed E-state index contributed by atoms with van der Waals surface area (Å²) in [5.41, 5.74) is -0.581. The molecule has 2 fully saturated rings. The van der Waals surface area contributed by atoms with E-state index in [9.17, 15) is 23.1 Å². The van der Waals surface area contributed by atoms with Crippen molar-refractivity contribution < 1.29 is 23.1 Å². The largest absolute Gasteiger partial charge is 0.416 e. The molecule has 0 radical (unpaired) electrons. The Hall–Kier alpha value is -1.60. The molecule has 1 amide bonds. The molecule has 1 aromatic carbocycles. The lowest BCUT2D eigenvalue weighted by Gasteiger charge is -2.26. The smallest absolute Gasteiger partial charge is 0.392 e. The highest BCUT2D eigenvalue weighted by atomic mass is 19.4. The van der Waals surface area contributed by atoms with Gasteiger partial charge in [-0.1, -0.05) is 18.2 Å². The molecule has 1 aromatic rings. The highest BCUT2D eigenvalue weighted by Crippen LogP contribution is 2.40. The molecule has 0 spiro atoms. The van der Waals surface area contributed by atoms with Crippen LogP contribution in [0.5, 0.6) is 0 Å². The van der Waals surface area contributed by atoms with E-state index in [0.29, 0.717) is 0 Å². The SMILES string of the molecule is O=C(CN1C[C@H](O)C[C@@H]1c1ccccc1C(F)(F)F)NC1CC1. The minimum Gasteiger partial charge on any atom is -0.392 e. The summed E-state index contributed by atoms with van der Waals surface area (Å²) in [7, 11) is 0. The first-order chi connectivity index (χ1) is 10.8. The van der Waals surface area contributed by atoms with Gasteiger partial charge in [0.1, 0.15) is 0 Å². The van der Waals surface area contributed by atoms with Crippen LogP contribution < -0.4 is 5.32 Å². The molecular formula is C16H19F3N2O2. The molecule has 2 N–H and O–H groups in total. The summed E-state index contributed by atoms with van der Waals surface area (Å²) < 4.78 is 39.6. The Morgan fingerprint density at radius 3 is 2.65 bits per heavy atom. The van der Waals surface area contributed by atoms with Crippen molar-refractivity contribution in [2.75, 3.05) is 13.1 Å². The van der Waals surface area contributed by atoms with Crippen LogP contribution in [-0.4, -0.2) is 41.1 Å². The number of halogens is 3. The molecule has 1 aliphatic carbocycles. The van der Waals surface area contributed by atoms with Crippen molar-refractivity contribution in [3.05, 3.63) is 35.4 Å². The number of nitrogens with zero attached hydrogens (tertiary/aromatic N) is 1. The first kappa shape index (κ1) is 16.3. The predicted molar refractivity (Wildman–Crippen MR) is 77.5 cm³/mol. The van der Waals surface area contributed by atoms with E-state index in [1.807, 2.05) is 0 Å². The van der Waals surface area contributed by atoms with Crippen molar-refractivity contribution in [2.24, 2.45) is 0 Å². The van der Waals surface area contributed by atoms with E-state index in [1.165, 1.54) is 12.1 Å². The fourth-order valence-corrected chi connectivity index (χ4v) is 3.11. The van der Waals surface area contributed by atoms with Crippen molar-refractivity contribution >= 4 is 5.91 Å². The minimum atomic E-state index is -4.45. The number of aliphatic hydroxyl groups is 1. The lowest BCUT2D eigenvalue weighted by molar-refractivity contribution is -0.138. The fourth-order valence-electron chi connectivity index (χ4n) is 3.11. The van der Waals surface area contributed by atoms with E-state index in [1.54, 1.807) is 11.0 Å². The van der Waals surface area contributed by atoms with Crippen LogP contribution in [0.25, 0.3) is 0 Å². The molecule has 1 heterocycles. The number of carbonyl (C=O) groups excluding carboxylic acids is 1. The van der Waals surface area contributed by atoms with Crippen molar-refractivity contribution in [1.29, 1.82) is 0 Å². The Morgan fingerprint density at radius 1 is 1.30 bits per heavy atom. The van der Waals surface area contributed by atoms with Crippen LogP contribution in [0.3, 0.4) is 0 Å². The highest BCUT2D eigenvalue weighted by molar-refractivity contribution is 5.78. The highest BCUT2D eigenvalue weighted by Gasteiger charge is 2.40. The predicted octanol–water partition coefficient (Wildman–Crippen LogP) is 2.09. The molecule has 3 rings (SSSR count). The second kappa shape index (κ2) is 6.13. The number of alkyl halides is 3. The van der Waals surface area contributed by atoms with Crippen molar-refractivity contribution in [2.45, 2.75) is 43.6 Å². The van der Waals surface area contributed by atoms with Gasteiger partial charge in [-0.2, -0.15) is 13.2 Å². The number of rotatable bonds is 4. The molecule has 2 atom stereocenters. The molecular weight excluding hydrogens is 309 g/mol. The number of hydrogen-bond donors (Lipinski definition) is 2. The molecule has 4 nitrogen and oxygen atoms in total. The normalized spacial score (nSPS) is 25.6. The van der Waals surface area contributed by atoms with Crippen molar-refractivity contribution in [3.63, 3.8) is 0 Å². The Labute approximate surface area is 132 Å². The number of hydrogen-bond acceptors (Lipinski definition) is 3. The maximum absolute atomic E-state index is 13.2. The van der Waals surface area contributed by atoms with Gasteiger partial charge in [-0.05, 0) is 30.9 Å². The van der Waals surface area contributed by atoms with Gasteiger partial charge in [-0.25, -0.2) is 0 Å². The topological polar surface area (TPSA) is 52.6 Å². The van der Waals surface area contributed by atoms with E-state index < -0.39 is 23.9 Å². The van der Waals surface area contributed by atoms with Gasteiger partial charge in [0.2, 0.25) is 5.91 Å². The summed E-state index contributed by atoms with van der Waals surface area (Å²) >= 11 is 0. The summed E-state index contributed by atoms with van der Waals surface area (Å²) in [5.74, 6) is -0.198. The summed E-state index contributed by atoms with van der Waals surface area (Å²) in [6.45, 7) is 0.208. The molecule has 0 bridgehead atoms. The quantitative estimate of drug-likeness (QED) is 0.890. The number of β-amino-alcohol motifs (C(OH)–C–C–N with tert-alkyl or cyclic N) is 1. The number of likely N-dealkylation sites (tertiary alicyclic amines) is 1. The average molecular weight is 328 g/mol. The molecule has 2 aliphatic rings. The third kappa shape index (κ3) is 3.84. The van der Waals surface area contributed by atoms with E-state index in [4.69, 9.17) is 0 Å². The molecule has 0 aromatic heterocycles. The van der Waals surface area contributed by atoms with Crippen LogP contribution >= 0.6 is 0 Å². The van der Waals surface area contributed by atoms with Gasteiger partial charge in [0.05, 0.1) is 18.2 Å². The Kier molecular flexibility index (Phi) is 4.33. The standard InChI is InChI=1S/C16H19F3N2O2/c17-16(18,19)13-4-2-1-3-12(13)14-7-11(22)8-21(14)9-15(23)20-10-5-6-10/h1-4,10-11,14,22H,5-9H2,(H,20,23)/t11-,14-/m1/s1. The zero-order valence-electron chi connectivity index (χ0n) is 12.5. The van der Waals surface area contributed by atoms with Crippen LogP contribution in [0.4, 0.5) is 13.2 Å². The summed E-state index contributed by atoms with van der Waals surface area (Å²) in [6, 6.07) is 4.98. The second-order valence-corrected chi connectivity index (χ2v) is 6.26. The zero-order valence-corrected chi connectivity index (χ0v) is 12.5. The molecule has 126 valence electrons. The fraction of sp³-hybridized carbons (Fsp3) is 0.562. The maximum Gasteiger partial charge on any atom is 0.416 e. The lowest BCUT2D eigenvalue weighted by Crippen LogP contribution is -2.38. The number of nitrogens with one attached hydrogen (secondary N) is 1. The first-order valence-electron chi connectivity index (χ1n) is 7.72. The van der Waals surface area contributed by atoms with Gasteiger partial charge >= 0.3 is 6.18 Å². The summed E-state index contributed by atoms with van der Waals surface area (Å²) in [4.78, 5) is 13.6. The molecule has 1 saturated carbocycles. The molecule has 23 heavy (non-hydrogen) atoms. The van der Waals surface area contributed by atoms with E-state index >= 15 is 0 Å². The number of aliphatic hydroxyl groups excluding tert-OH is 1. The number of benzene rings is 1. The third-order valence-corrected chi connectivity index (χ3v) is 4.30. The van der Waals surface area contributed by atoms with Gasteiger partial charge in [0.25, 0.3) is 0 Å². The van der Waals surface area contributed by atoms with Crippen molar-refractivity contribution in [1.82, 2.24) is 10.2 Å². The van der Waals surface area contributed by atoms with Gasteiger partial charge in [-0.3, -0.25) is 9.69 Å². The van der Waals surface area contributed by atoms with E-state index in [2.05, 4.69) is 5.32 Å².